The van der Waals surface area contributed by atoms with Crippen molar-refractivity contribution < 1.29 is 9.53 Å². The van der Waals surface area contributed by atoms with E-state index >= 15 is 0 Å². The lowest BCUT2D eigenvalue weighted by Gasteiger charge is -2.36. The van der Waals surface area contributed by atoms with E-state index in [0.717, 1.165) is 29.8 Å². The molecule has 0 saturated carbocycles. The first-order valence-corrected chi connectivity index (χ1v) is 7.59. The molecule has 0 spiro atoms. The maximum Gasteiger partial charge on any atom is 0.410 e. The van der Waals surface area contributed by atoms with E-state index in [2.05, 4.69) is 20.9 Å². The summed E-state index contributed by atoms with van der Waals surface area (Å²) in [6.45, 7) is 8.59. The van der Waals surface area contributed by atoms with Crippen molar-refractivity contribution in [1.82, 2.24) is 14.9 Å². The zero-order valence-electron chi connectivity index (χ0n) is 13.3. The van der Waals surface area contributed by atoms with E-state index in [4.69, 9.17) is 4.74 Å². The molecule has 1 saturated heterocycles. The van der Waals surface area contributed by atoms with E-state index in [-0.39, 0.29) is 6.09 Å². The van der Waals surface area contributed by atoms with Crippen molar-refractivity contribution in [1.29, 1.82) is 0 Å². The highest BCUT2D eigenvalue weighted by molar-refractivity contribution is 5.90. The Morgan fingerprint density at radius 1 is 1.27 bits per heavy atom. The fraction of sp³-hybridized carbons (Fsp3) is 0.500. The monoisotopic (exact) mass is 302 g/mol. The number of aromatic nitrogens is 2. The molecule has 0 aromatic carbocycles. The summed E-state index contributed by atoms with van der Waals surface area (Å²) in [6.07, 6.45) is 3.54. The molecule has 1 aliphatic rings. The smallest absolute Gasteiger partial charge is 0.410 e. The lowest BCUT2D eigenvalue weighted by molar-refractivity contribution is 0.0241. The van der Waals surface area contributed by atoms with Crippen LogP contribution in [0.3, 0.4) is 0 Å². The van der Waals surface area contributed by atoms with Crippen LogP contribution in [0.1, 0.15) is 20.8 Å². The van der Waals surface area contributed by atoms with Crippen LogP contribution in [0.2, 0.25) is 0 Å². The topological polar surface area (TPSA) is 61.5 Å². The van der Waals surface area contributed by atoms with Crippen molar-refractivity contribution in [2.75, 3.05) is 31.1 Å². The summed E-state index contributed by atoms with van der Waals surface area (Å²) in [5, 5.41) is 1.12. The van der Waals surface area contributed by atoms with Gasteiger partial charge in [0.2, 0.25) is 0 Å². The van der Waals surface area contributed by atoms with Crippen LogP contribution in [0.15, 0.2) is 24.5 Å². The van der Waals surface area contributed by atoms with Crippen LogP contribution < -0.4 is 4.90 Å². The molecule has 1 aliphatic heterocycles. The fourth-order valence-electron chi connectivity index (χ4n) is 2.66. The van der Waals surface area contributed by atoms with Gasteiger partial charge in [-0.3, -0.25) is 0 Å². The quantitative estimate of drug-likeness (QED) is 0.879. The summed E-state index contributed by atoms with van der Waals surface area (Å²) in [5.41, 5.74) is 1.59. The summed E-state index contributed by atoms with van der Waals surface area (Å²) >= 11 is 0. The normalized spacial score (nSPS) is 16.1. The molecule has 1 fully saturated rings. The number of amides is 1. The Kier molecular flexibility index (Phi) is 3.68. The summed E-state index contributed by atoms with van der Waals surface area (Å²) in [6, 6.07) is 4.00. The van der Waals surface area contributed by atoms with Crippen LogP contribution in [-0.4, -0.2) is 52.7 Å². The average molecular weight is 302 g/mol. The minimum Gasteiger partial charge on any atom is -0.444 e. The molecule has 0 unspecified atom stereocenters. The summed E-state index contributed by atoms with van der Waals surface area (Å²) in [7, 11) is 0. The Morgan fingerprint density at radius 2 is 2.00 bits per heavy atom. The summed E-state index contributed by atoms with van der Waals surface area (Å²) < 4.78 is 5.43. The Hall–Kier alpha value is -2.24. The number of hydrogen-bond acceptors (Lipinski definition) is 4. The van der Waals surface area contributed by atoms with Gasteiger partial charge in [-0.2, -0.15) is 0 Å². The molecule has 0 atom stereocenters. The predicted octanol–water partition coefficient (Wildman–Crippen LogP) is 2.62. The number of aromatic amines is 1. The first-order valence-electron chi connectivity index (χ1n) is 7.59. The van der Waals surface area contributed by atoms with Crippen molar-refractivity contribution >= 4 is 22.8 Å². The molecule has 0 radical (unpaired) electrons. The SMILES string of the molecule is CC(C)(C)OC(=O)N1CCN(c2c[nH]c3ncccc23)CC1. The van der Waals surface area contributed by atoms with E-state index in [0.29, 0.717) is 13.1 Å². The molecule has 1 N–H and O–H groups in total. The highest BCUT2D eigenvalue weighted by atomic mass is 16.6. The molecule has 6 nitrogen and oxygen atoms in total. The van der Waals surface area contributed by atoms with Gasteiger partial charge in [-0.25, -0.2) is 9.78 Å². The van der Waals surface area contributed by atoms with Gasteiger partial charge in [0.1, 0.15) is 11.2 Å². The Morgan fingerprint density at radius 3 is 2.68 bits per heavy atom. The van der Waals surface area contributed by atoms with Gasteiger partial charge < -0.3 is 19.5 Å². The second-order valence-electron chi connectivity index (χ2n) is 6.53. The summed E-state index contributed by atoms with van der Waals surface area (Å²) in [4.78, 5) is 23.6. The Labute approximate surface area is 130 Å². The van der Waals surface area contributed by atoms with E-state index < -0.39 is 5.60 Å². The van der Waals surface area contributed by atoms with Gasteiger partial charge in [-0.1, -0.05) is 0 Å². The molecular weight excluding hydrogens is 280 g/mol. The predicted molar refractivity (Wildman–Crippen MR) is 86.1 cm³/mol. The van der Waals surface area contributed by atoms with Crippen LogP contribution >= 0.6 is 0 Å². The number of H-pyrrole nitrogens is 1. The number of fused-ring (bicyclic) bond motifs is 1. The average Bonchev–Trinajstić information content (AvgIpc) is 2.89. The molecule has 6 heteroatoms. The summed E-state index contributed by atoms with van der Waals surface area (Å²) in [5.74, 6) is 0. The second-order valence-corrected chi connectivity index (χ2v) is 6.53. The van der Waals surface area contributed by atoms with Crippen molar-refractivity contribution in [3.05, 3.63) is 24.5 Å². The fourth-order valence-corrected chi connectivity index (χ4v) is 2.66. The second kappa shape index (κ2) is 5.51. The van der Waals surface area contributed by atoms with Crippen LogP contribution in [-0.2, 0) is 4.74 Å². The molecule has 1 amide bonds. The third-order valence-corrected chi connectivity index (χ3v) is 3.70. The van der Waals surface area contributed by atoms with Gasteiger partial charge in [0, 0.05) is 44.0 Å². The van der Waals surface area contributed by atoms with Crippen molar-refractivity contribution in [2.45, 2.75) is 26.4 Å². The van der Waals surface area contributed by atoms with E-state index in [9.17, 15) is 4.79 Å². The molecule has 2 aromatic heterocycles. The third-order valence-electron chi connectivity index (χ3n) is 3.70. The Bertz CT molecular complexity index is 666. The van der Waals surface area contributed by atoms with Gasteiger partial charge in [-0.15, -0.1) is 0 Å². The molecule has 118 valence electrons. The molecule has 3 heterocycles. The van der Waals surface area contributed by atoms with Crippen LogP contribution in [0.4, 0.5) is 10.5 Å². The van der Waals surface area contributed by atoms with Gasteiger partial charge in [0.15, 0.2) is 0 Å². The molecule has 2 aromatic rings. The highest BCUT2D eigenvalue weighted by Crippen LogP contribution is 2.26. The first-order chi connectivity index (χ1) is 10.4. The number of piperazine rings is 1. The zero-order valence-corrected chi connectivity index (χ0v) is 13.3. The molecule has 0 bridgehead atoms. The number of nitrogens with one attached hydrogen (secondary N) is 1. The van der Waals surface area contributed by atoms with E-state index in [1.54, 1.807) is 11.1 Å². The van der Waals surface area contributed by atoms with Crippen molar-refractivity contribution in [3.8, 4) is 0 Å². The number of hydrogen-bond donors (Lipinski definition) is 1. The number of rotatable bonds is 1. The number of anilines is 1. The maximum absolute atomic E-state index is 12.1. The van der Waals surface area contributed by atoms with Crippen LogP contribution in [0, 0.1) is 0 Å². The Balaban J connectivity index is 1.66. The molecule has 0 aliphatic carbocycles. The number of nitrogens with zero attached hydrogens (tertiary/aromatic N) is 3. The van der Waals surface area contributed by atoms with Gasteiger partial charge in [0.25, 0.3) is 0 Å². The zero-order chi connectivity index (χ0) is 15.7. The lowest BCUT2D eigenvalue weighted by Crippen LogP contribution is -2.50. The van der Waals surface area contributed by atoms with Gasteiger partial charge >= 0.3 is 6.09 Å². The first kappa shape index (κ1) is 14.7. The minimum atomic E-state index is -0.448. The largest absolute Gasteiger partial charge is 0.444 e. The minimum absolute atomic E-state index is 0.229. The van der Waals surface area contributed by atoms with Crippen molar-refractivity contribution in [3.63, 3.8) is 0 Å². The standard InChI is InChI=1S/C16H22N4O2/c1-16(2,3)22-15(21)20-9-7-19(8-10-20)13-11-18-14-12(13)5-4-6-17-14/h4-6,11H,7-10H2,1-3H3,(H,17,18). The lowest BCUT2D eigenvalue weighted by atomic mass is 10.2. The maximum atomic E-state index is 12.1. The number of pyridine rings is 1. The number of ether oxygens (including phenoxy) is 1. The highest BCUT2D eigenvalue weighted by Gasteiger charge is 2.26. The third kappa shape index (κ3) is 3.00. The van der Waals surface area contributed by atoms with Crippen molar-refractivity contribution in [2.24, 2.45) is 0 Å². The molecule has 22 heavy (non-hydrogen) atoms. The van der Waals surface area contributed by atoms with E-state index in [1.807, 2.05) is 33.0 Å². The number of carbonyl (C=O) groups excluding carboxylic acids is 1. The van der Waals surface area contributed by atoms with Gasteiger partial charge in [0.05, 0.1) is 5.69 Å². The van der Waals surface area contributed by atoms with Crippen LogP contribution in [0.5, 0.6) is 0 Å². The number of carbonyl (C=O) groups is 1. The van der Waals surface area contributed by atoms with Gasteiger partial charge in [-0.05, 0) is 32.9 Å². The van der Waals surface area contributed by atoms with Crippen LogP contribution in [0.25, 0.3) is 11.0 Å². The molecule has 3 rings (SSSR count). The van der Waals surface area contributed by atoms with E-state index in [1.165, 1.54) is 0 Å². The molecular formula is C16H22N4O2.